The van der Waals surface area contributed by atoms with Gasteiger partial charge in [0.15, 0.2) is 0 Å². The Bertz CT molecular complexity index is 58.2. The molecule has 0 amide bonds. The SMILES string of the molecule is FB(F)F.OCC(O)CO. The van der Waals surface area contributed by atoms with Gasteiger partial charge >= 0.3 is 7.54 Å². The first-order valence-corrected chi connectivity index (χ1v) is 2.36. The molecule has 0 bridgehead atoms. The highest BCUT2D eigenvalue weighted by Gasteiger charge is 2.06. The Balaban J connectivity index is 0. The molecule has 0 aliphatic heterocycles. The van der Waals surface area contributed by atoms with Crippen LogP contribution in [0.3, 0.4) is 0 Å². The lowest BCUT2D eigenvalue weighted by Crippen LogP contribution is -2.15. The lowest BCUT2D eigenvalue weighted by atomic mass is 10.4. The molecule has 7 heteroatoms. The van der Waals surface area contributed by atoms with Crippen LogP contribution in [0.5, 0.6) is 0 Å². The van der Waals surface area contributed by atoms with Crippen LogP contribution in [-0.2, 0) is 0 Å². The van der Waals surface area contributed by atoms with Gasteiger partial charge in [0.25, 0.3) is 0 Å². The van der Waals surface area contributed by atoms with E-state index < -0.39 is 13.6 Å². The van der Waals surface area contributed by atoms with Crippen molar-refractivity contribution in [3.63, 3.8) is 0 Å². The van der Waals surface area contributed by atoms with Crippen molar-refractivity contribution in [2.24, 2.45) is 0 Å². The maximum absolute atomic E-state index is 9.67. The second-order valence-electron chi connectivity index (χ2n) is 1.27. The number of hydrogen-bond acceptors (Lipinski definition) is 3. The Morgan fingerprint density at radius 1 is 1.10 bits per heavy atom. The zero-order chi connectivity index (χ0) is 8.57. The van der Waals surface area contributed by atoms with Gasteiger partial charge in [0.05, 0.1) is 13.2 Å². The number of halogens is 3. The third-order valence-electron chi connectivity index (χ3n) is 0.421. The van der Waals surface area contributed by atoms with Crippen LogP contribution in [0.25, 0.3) is 0 Å². The molecule has 0 aromatic heterocycles. The first-order valence-electron chi connectivity index (χ1n) is 2.36. The fourth-order valence-corrected chi connectivity index (χ4v) is 0.0577. The molecule has 0 saturated heterocycles. The van der Waals surface area contributed by atoms with E-state index in [1.165, 1.54) is 0 Å². The normalized spacial score (nSPS) is 8.70. The van der Waals surface area contributed by atoms with Gasteiger partial charge in [-0.05, 0) is 0 Å². The molecule has 0 rings (SSSR count). The van der Waals surface area contributed by atoms with E-state index in [-0.39, 0.29) is 13.2 Å². The molecule has 0 aromatic carbocycles. The van der Waals surface area contributed by atoms with Crippen molar-refractivity contribution in [2.75, 3.05) is 13.2 Å². The van der Waals surface area contributed by atoms with Crippen molar-refractivity contribution < 1.29 is 28.3 Å². The van der Waals surface area contributed by atoms with E-state index in [1.54, 1.807) is 0 Å². The summed E-state index contributed by atoms with van der Waals surface area (Å²) in [7, 11) is -3.67. The minimum atomic E-state index is -3.67. The average Bonchev–Trinajstić information content (AvgIpc) is 1.85. The quantitative estimate of drug-likeness (QED) is 0.464. The largest absolute Gasteiger partial charge is 0.762 e. The number of aliphatic hydroxyl groups is 3. The van der Waals surface area contributed by atoms with Gasteiger partial charge in [0.2, 0.25) is 0 Å². The Morgan fingerprint density at radius 2 is 1.30 bits per heavy atom. The van der Waals surface area contributed by atoms with Crippen LogP contribution < -0.4 is 0 Å². The number of rotatable bonds is 2. The molecule has 62 valence electrons. The summed E-state index contributed by atoms with van der Waals surface area (Å²) in [4.78, 5) is 0. The summed E-state index contributed by atoms with van der Waals surface area (Å²) in [6.45, 7) is -0.729. The lowest BCUT2D eigenvalue weighted by molar-refractivity contribution is 0.0450. The van der Waals surface area contributed by atoms with Crippen molar-refractivity contribution in [1.82, 2.24) is 0 Å². The fourth-order valence-electron chi connectivity index (χ4n) is 0.0577. The molecule has 3 N–H and O–H groups in total. The van der Waals surface area contributed by atoms with E-state index in [1.807, 2.05) is 0 Å². The van der Waals surface area contributed by atoms with Crippen molar-refractivity contribution in [2.45, 2.75) is 6.10 Å². The predicted octanol–water partition coefficient (Wildman–Crippen LogP) is -0.788. The topological polar surface area (TPSA) is 60.7 Å². The Hall–Kier alpha value is -0.265. The van der Waals surface area contributed by atoms with Gasteiger partial charge < -0.3 is 15.3 Å². The van der Waals surface area contributed by atoms with Gasteiger partial charge in [-0.1, -0.05) is 0 Å². The number of aliphatic hydroxyl groups excluding tert-OH is 3. The van der Waals surface area contributed by atoms with Crippen LogP contribution in [-0.4, -0.2) is 42.2 Å². The molecule has 0 radical (unpaired) electrons. The first kappa shape index (κ1) is 12.4. The maximum atomic E-state index is 9.67. The first-order chi connectivity index (χ1) is 4.54. The molecular weight excluding hydrogens is 152 g/mol. The van der Waals surface area contributed by atoms with Crippen molar-refractivity contribution in [1.29, 1.82) is 0 Å². The van der Waals surface area contributed by atoms with Gasteiger partial charge in [0.1, 0.15) is 6.10 Å². The van der Waals surface area contributed by atoms with E-state index in [2.05, 4.69) is 0 Å². The second-order valence-corrected chi connectivity index (χ2v) is 1.27. The summed E-state index contributed by atoms with van der Waals surface area (Å²) in [5, 5.41) is 24.0. The molecule has 0 saturated carbocycles. The van der Waals surface area contributed by atoms with Crippen LogP contribution in [0.4, 0.5) is 12.9 Å². The summed E-state index contributed by atoms with van der Waals surface area (Å²) < 4.78 is 29.0. The van der Waals surface area contributed by atoms with Crippen molar-refractivity contribution in [3.8, 4) is 0 Å². The molecule has 3 nitrogen and oxygen atoms in total. The van der Waals surface area contributed by atoms with E-state index in [9.17, 15) is 12.9 Å². The van der Waals surface area contributed by atoms with Crippen LogP contribution in [0.1, 0.15) is 0 Å². The van der Waals surface area contributed by atoms with Gasteiger partial charge in [-0.3, -0.25) is 12.9 Å². The van der Waals surface area contributed by atoms with Crippen LogP contribution in [0.15, 0.2) is 0 Å². The minimum absolute atomic E-state index is 0.365. The smallest absolute Gasteiger partial charge is 0.394 e. The molecule has 0 aliphatic rings. The van der Waals surface area contributed by atoms with Crippen molar-refractivity contribution in [3.05, 3.63) is 0 Å². The molecule has 0 heterocycles. The summed E-state index contributed by atoms with van der Waals surface area (Å²) in [5.41, 5.74) is 0. The monoisotopic (exact) mass is 160 g/mol. The van der Waals surface area contributed by atoms with Crippen molar-refractivity contribution >= 4 is 7.54 Å². The molecule has 0 aliphatic carbocycles. The standard InChI is InChI=1S/C3H8O3.BF3/c4-1-3(6)2-5;2-1(3)4/h3-6H,1-2H2;. The lowest BCUT2D eigenvalue weighted by Gasteiger charge is -1.96. The Morgan fingerprint density at radius 3 is 1.30 bits per heavy atom. The molecule has 0 spiro atoms. The highest BCUT2D eigenvalue weighted by molar-refractivity contribution is 6.33. The minimum Gasteiger partial charge on any atom is -0.394 e. The highest BCUT2D eigenvalue weighted by Crippen LogP contribution is 1.80. The molecule has 0 fully saturated rings. The molecule has 0 atom stereocenters. The van der Waals surface area contributed by atoms with E-state index in [0.717, 1.165) is 0 Å². The summed E-state index contributed by atoms with van der Waals surface area (Å²) >= 11 is 0. The number of hydrogen-bond donors (Lipinski definition) is 3. The predicted molar refractivity (Wildman–Crippen MR) is 29.3 cm³/mol. The molecule has 0 aromatic rings. The van der Waals surface area contributed by atoms with Crippen LogP contribution >= 0.6 is 0 Å². The summed E-state index contributed by atoms with van der Waals surface area (Å²) in [6, 6.07) is 0. The summed E-state index contributed by atoms with van der Waals surface area (Å²) in [5.74, 6) is 0. The van der Waals surface area contributed by atoms with Gasteiger partial charge in [-0.25, -0.2) is 0 Å². The van der Waals surface area contributed by atoms with Crippen LogP contribution in [0, 0.1) is 0 Å². The van der Waals surface area contributed by atoms with E-state index >= 15 is 0 Å². The second kappa shape index (κ2) is 8.73. The molecule has 10 heavy (non-hydrogen) atoms. The van der Waals surface area contributed by atoms with Crippen LogP contribution in [0.2, 0.25) is 0 Å². The maximum Gasteiger partial charge on any atom is 0.762 e. The van der Waals surface area contributed by atoms with E-state index in [4.69, 9.17) is 15.3 Å². The zero-order valence-corrected chi connectivity index (χ0v) is 5.04. The van der Waals surface area contributed by atoms with Gasteiger partial charge in [-0.15, -0.1) is 0 Å². The fraction of sp³-hybridized carbons (Fsp3) is 1.00. The van der Waals surface area contributed by atoms with Gasteiger partial charge in [0, 0.05) is 0 Å². The summed E-state index contributed by atoms with van der Waals surface area (Å²) in [6.07, 6.45) is -0.954. The third kappa shape index (κ3) is 25.2. The molecular formula is C3H8BF3O3. The zero-order valence-electron chi connectivity index (χ0n) is 5.04. The van der Waals surface area contributed by atoms with Gasteiger partial charge in [-0.2, -0.15) is 0 Å². The Labute approximate surface area is 56.3 Å². The third-order valence-corrected chi connectivity index (χ3v) is 0.421. The molecule has 0 unspecified atom stereocenters. The Kier molecular flexibility index (Phi) is 10.8. The average molecular weight is 160 g/mol. The van der Waals surface area contributed by atoms with E-state index in [0.29, 0.717) is 0 Å². The highest BCUT2D eigenvalue weighted by atomic mass is 19.4.